The highest BCUT2D eigenvalue weighted by Gasteiger charge is 2.26. The molecular formula is C19H26N4O2. The molecular weight excluding hydrogens is 316 g/mol. The van der Waals surface area contributed by atoms with Crippen molar-refractivity contribution in [3.05, 3.63) is 30.6 Å². The monoisotopic (exact) mass is 342 g/mol. The minimum Gasteiger partial charge on any atom is -0.370 e. The smallest absolute Gasteiger partial charge is 0.222 e. The highest BCUT2D eigenvalue weighted by molar-refractivity contribution is 5.79. The minimum absolute atomic E-state index is 0.0328. The van der Waals surface area contributed by atoms with Crippen molar-refractivity contribution < 1.29 is 9.59 Å². The number of aromatic nitrogens is 2. The zero-order valence-electron chi connectivity index (χ0n) is 14.5. The molecule has 6 nitrogen and oxygen atoms in total. The molecule has 1 aromatic carbocycles. The van der Waals surface area contributed by atoms with E-state index in [-0.39, 0.29) is 24.3 Å². The van der Waals surface area contributed by atoms with Crippen LogP contribution >= 0.6 is 0 Å². The highest BCUT2D eigenvalue weighted by atomic mass is 16.2. The Morgan fingerprint density at radius 1 is 1.24 bits per heavy atom. The number of hydrogen-bond donors (Lipinski definition) is 2. The number of hydrogen-bond acceptors (Lipinski definition) is 3. The van der Waals surface area contributed by atoms with Gasteiger partial charge in [0.15, 0.2) is 0 Å². The first-order valence-corrected chi connectivity index (χ1v) is 9.11. The van der Waals surface area contributed by atoms with Crippen molar-refractivity contribution in [3.63, 3.8) is 0 Å². The van der Waals surface area contributed by atoms with Gasteiger partial charge in [0, 0.05) is 25.4 Å². The lowest BCUT2D eigenvalue weighted by molar-refractivity contribution is -0.123. The molecule has 25 heavy (non-hydrogen) atoms. The summed E-state index contributed by atoms with van der Waals surface area (Å²) in [4.78, 5) is 28.1. The van der Waals surface area contributed by atoms with Crippen LogP contribution in [-0.4, -0.2) is 27.4 Å². The molecule has 3 rings (SSSR count). The van der Waals surface area contributed by atoms with E-state index in [0.717, 1.165) is 36.7 Å². The normalized spacial score (nSPS) is 16.6. The number of aryl methyl sites for hydroxylation is 1. The predicted molar refractivity (Wildman–Crippen MR) is 96.7 cm³/mol. The quantitative estimate of drug-likeness (QED) is 0.809. The third kappa shape index (κ3) is 4.59. The first kappa shape index (κ1) is 17.5. The van der Waals surface area contributed by atoms with Crippen molar-refractivity contribution in [1.29, 1.82) is 0 Å². The van der Waals surface area contributed by atoms with Crippen LogP contribution in [0.5, 0.6) is 0 Å². The molecule has 2 aromatic rings. The molecule has 2 amide bonds. The summed E-state index contributed by atoms with van der Waals surface area (Å²) < 4.78 is 1.98. The van der Waals surface area contributed by atoms with Crippen LogP contribution in [-0.2, 0) is 16.1 Å². The van der Waals surface area contributed by atoms with E-state index in [0.29, 0.717) is 18.9 Å². The van der Waals surface area contributed by atoms with E-state index in [1.807, 2.05) is 28.8 Å². The molecule has 3 N–H and O–H groups in total. The molecule has 1 aliphatic rings. The molecule has 0 bridgehead atoms. The number of rotatable bonds is 7. The van der Waals surface area contributed by atoms with E-state index in [4.69, 9.17) is 5.73 Å². The maximum Gasteiger partial charge on any atom is 0.222 e. The van der Waals surface area contributed by atoms with Gasteiger partial charge in [0.25, 0.3) is 0 Å². The number of imidazole rings is 1. The number of nitrogens with two attached hydrogens (primary N) is 1. The first-order valence-electron chi connectivity index (χ1n) is 9.11. The van der Waals surface area contributed by atoms with Crippen molar-refractivity contribution in [2.45, 2.75) is 57.5 Å². The molecule has 1 atom stereocenters. The van der Waals surface area contributed by atoms with Gasteiger partial charge in [0.05, 0.1) is 17.4 Å². The van der Waals surface area contributed by atoms with E-state index in [9.17, 15) is 9.59 Å². The van der Waals surface area contributed by atoms with Gasteiger partial charge in [0.2, 0.25) is 11.8 Å². The first-order chi connectivity index (χ1) is 12.1. The van der Waals surface area contributed by atoms with Gasteiger partial charge in [-0.15, -0.1) is 0 Å². The number of carbonyl (C=O) groups excluding carboxylic acids is 2. The largest absolute Gasteiger partial charge is 0.370 e. The van der Waals surface area contributed by atoms with Crippen LogP contribution in [0.2, 0.25) is 0 Å². The molecule has 0 aliphatic heterocycles. The maximum atomic E-state index is 12.4. The molecule has 1 aliphatic carbocycles. The number of fused-ring (bicyclic) bond motifs is 1. The van der Waals surface area contributed by atoms with E-state index >= 15 is 0 Å². The average Bonchev–Trinajstić information content (AvgIpc) is 3.03. The predicted octanol–water partition coefficient (Wildman–Crippen LogP) is 2.37. The van der Waals surface area contributed by atoms with Gasteiger partial charge in [-0.2, -0.15) is 0 Å². The molecule has 0 radical (unpaired) electrons. The third-order valence-electron chi connectivity index (χ3n) is 5.09. The average molecular weight is 342 g/mol. The van der Waals surface area contributed by atoms with Gasteiger partial charge in [-0.1, -0.05) is 31.4 Å². The second kappa shape index (κ2) is 8.14. The van der Waals surface area contributed by atoms with Crippen molar-refractivity contribution in [2.75, 3.05) is 0 Å². The molecule has 1 fully saturated rings. The van der Waals surface area contributed by atoms with E-state index < -0.39 is 0 Å². The Kier molecular flexibility index (Phi) is 5.68. The van der Waals surface area contributed by atoms with Crippen LogP contribution in [0.4, 0.5) is 0 Å². The summed E-state index contributed by atoms with van der Waals surface area (Å²) in [5.74, 6) is -0.0228. The topological polar surface area (TPSA) is 90.0 Å². The summed E-state index contributed by atoms with van der Waals surface area (Å²) in [5, 5.41) is 3.06. The van der Waals surface area contributed by atoms with Crippen LogP contribution < -0.4 is 11.1 Å². The number of primary amides is 1. The molecule has 0 spiro atoms. The second-order valence-corrected chi connectivity index (χ2v) is 6.92. The fourth-order valence-electron chi connectivity index (χ4n) is 3.78. The van der Waals surface area contributed by atoms with E-state index in [1.165, 1.54) is 6.42 Å². The second-order valence-electron chi connectivity index (χ2n) is 6.92. The lowest BCUT2D eigenvalue weighted by Gasteiger charge is -2.30. The Hall–Kier alpha value is -2.37. The molecule has 134 valence electrons. The highest BCUT2D eigenvalue weighted by Crippen LogP contribution is 2.27. The van der Waals surface area contributed by atoms with Crippen LogP contribution in [0.1, 0.15) is 44.9 Å². The molecule has 0 saturated heterocycles. The van der Waals surface area contributed by atoms with Gasteiger partial charge < -0.3 is 15.6 Å². The number of carbonyl (C=O) groups is 2. The fourth-order valence-corrected chi connectivity index (χ4v) is 3.78. The van der Waals surface area contributed by atoms with Gasteiger partial charge in [0.1, 0.15) is 0 Å². The minimum atomic E-state index is -0.350. The van der Waals surface area contributed by atoms with Crippen LogP contribution in [0.25, 0.3) is 11.0 Å². The standard InChI is InChI=1S/C19H26N4O2/c20-18(24)12-16(14-6-2-1-3-7-14)22-19(25)10-11-23-13-21-15-8-4-5-9-17(15)23/h4-5,8-9,13-14,16H,1-3,6-7,10-12H2,(H2,20,24)(H,22,25). The molecule has 1 aromatic heterocycles. The van der Waals surface area contributed by atoms with Crippen molar-refractivity contribution in [1.82, 2.24) is 14.9 Å². The Bertz CT molecular complexity index is 734. The van der Waals surface area contributed by atoms with E-state index in [1.54, 1.807) is 6.33 Å². The van der Waals surface area contributed by atoms with Crippen molar-refractivity contribution in [2.24, 2.45) is 11.7 Å². The number of amides is 2. The van der Waals surface area contributed by atoms with Crippen LogP contribution in [0.3, 0.4) is 0 Å². The summed E-state index contributed by atoms with van der Waals surface area (Å²) in [6, 6.07) is 7.73. The van der Waals surface area contributed by atoms with Gasteiger partial charge >= 0.3 is 0 Å². The van der Waals surface area contributed by atoms with Crippen molar-refractivity contribution >= 4 is 22.8 Å². The summed E-state index contributed by atoms with van der Waals surface area (Å²) >= 11 is 0. The number of nitrogens with zero attached hydrogens (tertiary/aromatic N) is 2. The van der Waals surface area contributed by atoms with Gasteiger partial charge in [-0.25, -0.2) is 4.98 Å². The number of para-hydroxylation sites is 2. The molecule has 6 heteroatoms. The van der Waals surface area contributed by atoms with Crippen LogP contribution in [0.15, 0.2) is 30.6 Å². The van der Waals surface area contributed by atoms with Gasteiger partial charge in [-0.3, -0.25) is 9.59 Å². The third-order valence-corrected chi connectivity index (χ3v) is 5.09. The Morgan fingerprint density at radius 3 is 2.76 bits per heavy atom. The Morgan fingerprint density at radius 2 is 2.00 bits per heavy atom. The summed E-state index contributed by atoms with van der Waals surface area (Å²) in [5.41, 5.74) is 7.34. The number of nitrogens with one attached hydrogen (secondary N) is 1. The Balaban J connectivity index is 1.58. The van der Waals surface area contributed by atoms with Gasteiger partial charge in [-0.05, 0) is 30.9 Å². The Labute approximate surface area is 147 Å². The van der Waals surface area contributed by atoms with E-state index in [2.05, 4.69) is 10.3 Å². The zero-order chi connectivity index (χ0) is 17.6. The molecule has 1 saturated carbocycles. The lowest BCUT2D eigenvalue weighted by Crippen LogP contribution is -2.43. The summed E-state index contributed by atoms with van der Waals surface area (Å²) in [6.07, 6.45) is 8.04. The lowest BCUT2D eigenvalue weighted by atomic mass is 9.82. The SMILES string of the molecule is NC(=O)CC(NC(=O)CCn1cnc2ccccc21)C1CCCCC1. The van der Waals surface area contributed by atoms with Crippen LogP contribution in [0, 0.1) is 5.92 Å². The summed E-state index contributed by atoms with van der Waals surface area (Å²) in [7, 11) is 0. The van der Waals surface area contributed by atoms with Crippen molar-refractivity contribution in [3.8, 4) is 0 Å². The maximum absolute atomic E-state index is 12.4. The molecule has 1 unspecified atom stereocenters. The molecule has 1 heterocycles. The number of benzene rings is 1. The fraction of sp³-hybridized carbons (Fsp3) is 0.526. The zero-order valence-corrected chi connectivity index (χ0v) is 14.5. The summed E-state index contributed by atoms with van der Waals surface area (Å²) in [6.45, 7) is 0.570.